The Hall–Kier alpha value is -1.55. The molecule has 1 aliphatic heterocycles. The van der Waals surface area contributed by atoms with Gasteiger partial charge in [0.2, 0.25) is 0 Å². The van der Waals surface area contributed by atoms with Crippen molar-refractivity contribution >= 4 is 11.6 Å². The molecule has 0 aliphatic carbocycles. The number of nitrogen functional groups attached to an aromatic ring is 1. The van der Waals surface area contributed by atoms with Crippen LogP contribution in [0.15, 0.2) is 12.1 Å². The third-order valence-electron chi connectivity index (χ3n) is 3.72. The van der Waals surface area contributed by atoms with Gasteiger partial charge in [-0.15, -0.1) is 0 Å². The lowest BCUT2D eigenvalue weighted by atomic mass is 10.0. The second kappa shape index (κ2) is 6.06. The third-order valence-corrected chi connectivity index (χ3v) is 3.72. The molecule has 1 aromatic rings. The van der Waals surface area contributed by atoms with Crippen LogP contribution >= 0.6 is 0 Å². The number of ether oxygens (including phenoxy) is 1. The van der Waals surface area contributed by atoms with Crippen LogP contribution in [0.4, 0.5) is 5.69 Å². The Morgan fingerprint density at radius 3 is 2.89 bits per heavy atom. The Kier molecular flexibility index (Phi) is 4.43. The fraction of sp³-hybridized carbons (Fsp3) is 0.533. The molecule has 0 bridgehead atoms. The molecule has 1 amide bonds. The zero-order valence-electron chi connectivity index (χ0n) is 11.7. The minimum atomic E-state index is -0.0388. The van der Waals surface area contributed by atoms with E-state index >= 15 is 0 Å². The normalized spacial score (nSPS) is 18.5. The topological polar surface area (TPSA) is 64.3 Å². The van der Waals surface area contributed by atoms with Crippen molar-refractivity contribution in [3.05, 3.63) is 28.8 Å². The highest BCUT2D eigenvalue weighted by Crippen LogP contribution is 2.18. The monoisotopic (exact) mass is 262 g/mol. The van der Waals surface area contributed by atoms with Gasteiger partial charge in [-0.1, -0.05) is 6.07 Å². The van der Waals surface area contributed by atoms with Gasteiger partial charge < -0.3 is 15.8 Å². The molecule has 4 heteroatoms. The lowest BCUT2D eigenvalue weighted by Gasteiger charge is -2.12. The van der Waals surface area contributed by atoms with Crippen LogP contribution < -0.4 is 11.1 Å². The number of hydrogen-bond donors (Lipinski definition) is 2. The summed E-state index contributed by atoms with van der Waals surface area (Å²) in [6, 6.07) is 3.72. The zero-order chi connectivity index (χ0) is 13.8. The van der Waals surface area contributed by atoms with E-state index in [2.05, 4.69) is 5.32 Å². The first kappa shape index (κ1) is 13.9. The number of aryl methyl sites for hydroxylation is 2. The lowest BCUT2D eigenvalue weighted by Crippen LogP contribution is -2.27. The number of hydrogen-bond acceptors (Lipinski definition) is 3. The van der Waals surface area contributed by atoms with Gasteiger partial charge >= 0.3 is 0 Å². The second-order valence-electron chi connectivity index (χ2n) is 5.30. The van der Waals surface area contributed by atoms with Crippen molar-refractivity contribution in [3.63, 3.8) is 0 Å². The predicted octanol–water partition coefficient (Wildman–Crippen LogP) is 2.04. The number of amides is 1. The predicted molar refractivity (Wildman–Crippen MR) is 76.2 cm³/mol. The molecule has 1 unspecified atom stereocenters. The molecular weight excluding hydrogens is 240 g/mol. The largest absolute Gasteiger partial charge is 0.398 e. The highest BCUT2D eigenvalue weighted by Gasteiger charge is 2.16. The summed E-state index contributed by atoms with van der Waals surface area (Å²) in [6.45, 7) is 6.26. The molecule has 1 heterocycles. The standard InChI is InChI=1S/C15H22N2O2/c1-10-7-11(2)14(16)8-13(10)15(18)17-5-3-12-4-6-19-9-12/h7-8,12H,3-6,9,16H2,1-2H3,(H,17,18). The number of nitrogens with two attached hydrogens (primary N) is 1. The Morgan fingerprint density at radius 2 is 2.21 bits per heavy atom. The van der Waals surface area contributed by atoms with Gasteiger partial charge in [-0.3, -0.25) is 4.79 Å². The van der Waals surface area contributed by atoms with Crippen molar-refractivity contribution in [1.82, 2.24) is 5.32 Å². The van der Waals surface area contributed by atoms with Crippen molar-refractivity contribution in [2.75, 3.05) is 25.5 Å². The van der Waals surface area contributed by atoms with Crippen molar-refractivity contribution in [1.29, 1.82) is 0 Å². The van der Waals surface area contributed by atoms with Gasteiger partial charge in [0.1, 0.15) is 0 Å². The lowest BCUT2D eigenvalue weighted by molar-refractivity contribution is 0.0950. The quantitative estimate of drug-likeness (QED) is 0.816. The van der Waals surface area contributed by atoms with E-state index in [1.54, 1.807) is 6.07 Å². The van der Waals surface area contributed by atoms with Crippen LogP contribution in [-0.4, -0.2) is 25.7 Å². The van der Waals surface area contributed by atoms with E-state index in [1.807, 2.05) is 19.9 Å². The van der Waals surface area contributed by atoms with Crippen LogP contribution in [-0.2, 0) is 4.74 Å². The summed E-state index contributed by atoms with van der Waals surface area (Å²) in [7, 11) is 0. The van der Waals surface area contributed by atoms with Gasteiger partial charge in [0, 0.05) is 31.0 Å². The van der Waals surface area contributed by atoms with E-state index < -0.39 is 0 Å². The van der Waals surface area contributed by atoms with Crippen LogP contribution in [0, 0.1) is 19.8 Å². The van der Waals surface area contributed by atoms with Crippen LogP contribution in [0.5, 0.6) is 0 Å². The molecule has 0 radical (unpaired) electrons. The minimum Gasteiger partial charge on any atom is -0.398 e. The molecule has 1 aliphatic rings. The van der Waals surface area contributed by atoms with Crippen LogP contribution in [0.3, 0.4) is 0 Å². The summed E-state index contributed by atoms with van der Waals surface area (Å²) in [5, 5.41) is 2.96. The van der Waals surface area contributed by atoms with E-state index in [9.17, 15) is 4.79 Å². The summed E-state index contributed by atoms with van der Waals surface area (Å²) < 4.78 is 5.32. The van der Waals surface area contributed by atoms with Gasteiger partial charge in [-0.25, -0.2) is 0 Å². The number of nitrogens with one attached hydrogen (secondary N) is 1. The van der Waals surface area contributed by atoms with Crippen molar-refractivity contribution in [3.8, 4) is 0 Å². The van der Waals surface area contributed by atoms with Crippen LogP contribution in [0.2, 0.25) is 0 Å². The third kappa shape index (κ3) is 3.47. The number of carbonyl (C=O) groups is 1. The second-order valence-corrected chi connectivity index (χ2v) is 5.30. The Bertz CT molecular complexity index is 465. The number of rotatable bonds is 4. The van der Waals surface area contributed by atoms with Gasteiger partial charge in [-0.05, 0) is 49.8 Å². The molecule has 1 fully saturated rings. The highest BCUT2D eigenvalue weighted by molar-refractivity contribution is 5.96. The molecule has 2 rings (SSSR count). The van der Waals surface area contributed by atoms with E-state index in [-0.39, 0.29) is 5.91 Å². The van der Waals surface area contributed by atoms with E-state index in [0.717, 1.165) is 37.2 Å². The molecule has 19 heavy (non-hydrogen) atoms. The number of anilines is 1. The van der Waals surface area contributed by atoms with E-state index in [1.165, 1.54) is 0 Å². The molecule has 3 N–H and O–H groups in total. The molecule has 0 saturated carbocycles. The highest BCUT2D eigenvalue weighted by atomic mass is 16.5. The molecule has 0 aromatic heterocycles. The minimum absolute atomic E-state index is 0.0388. The fourth-order valence-corrected chi connectivity index (χ4v) is 2.41. The van der Waals surface area contributed by atoms with Gasteiger partial charge in [-0.2, -0.15) is 0 Å². The maximum Gasteiger partial charge on any atom is 0.251 e. The van der Waals surface area contributed by atoms with Gasteiger partial charge in [0.05, 0.1) is 0 Å². The molecule has 1 atom stereocenters. The maximum absolute atomic E-state index is 12.1. The van der Waals surface area contributed by atoms with Crippen LogP contribution in [0.25, 0.3) is 0 Å². The Labute approximate surface area is 114 Å². The molecule has 4 nitrogen and oxygen atoms in total. The SMILES string of the molecule is Cc1cc(C)c(C(=O)NCCC2CCOC2)cc1N. The van der Waals surface area contributed by atoms with E-state index in [0.29, 0.717) is 23.7 Å². The Balaban J connectivity index is 1.90. The molecule has 104 valence electrons. The van der Waals surface area contributed by atoms with Gasteiger partial charge in [0.15, 0.2) is 0 Å². The maximum atomic E-state index is 12.1. The summed E-state index contributed by atoms with van der Waals surface area (Å²) in [5.41, 5.74) is 9.17. The average Bonchev–Trinajstić information content (AvgIpc) is 2.86. The molecule has 1 saturated heterocycles. The average molecular weight is 262 g/mol. The fourth-order valence-electron chi connectivity index (χ4n) is 2.41. The van der Waals surface area contributed by atoms with Crippen molar-refractivity contribution in [2.24, 2.45) is 5.92 Å². The first-order chi connectivity index (χ1) is 9.08. The number of carbonyl (C=O) groups excluding carboxylic acids is 1. The summed E-state index contributed by atoms with van der Waals surface area (Å²) in [5.74, 6) is 0.549. The van der Waals surface area contributed by atoms with Gasteiger partial charge in [0.25, 0.3) is 5.91 Å². The first-order valence-electron chi connectivity index (χ1n) is 6.80. The first-order valence-corrected chi connectivity index (χ1v) is 6.80. The van der Waals surface area contributed by atoms with Crippen molar-refractivity contribution < 1.29 is 9.53 Å². The molecule has 0 spiro atoms. The molecule has 1 aromatic carbocycles. The summed E-state index contributed by atoms with van der Waals surface area (Å²) in [4.78, 5) is 12.1. The van der Waals surface area contributed by atoms with E-state index in [4.69, 9.17) is 10.5 Å². The molecular formula is C15H22N2O2. The smallest absolute Gasteiger partial charge is 0.251 e. The van der Waals surface area contributed by atoms with Crippen LogP contribution in [0.1, 0.15) is 34.3 Å². The Morgan fingerprint density at radius 1 is 1.42 bits per heavy atom. The number of benzene rings is 1. The summed E-state index contributed by atoms with van der Waals surface area (Å²) >= 11 is 0. The summed E-state index contributed by atoms with van der Waals surface area (Å²) in [6.07, 6.45) is 2.08. The zero-order valence-corrected chi connectivity index (χ0v) is 11.7. The van der Waals surface area contributed by atoms with Crippen molar-refractivity contribution in [2.45, 2.75) is 26.7 Å².